The minimum Gasteiger partial charge on any atom is -0.356 e. The van der Waals surface area contributed by atoms with E-state index in [1.807, 2.05) is 19.1 Å². The molecule has 0 aliphatic carbocycles. The number of hydrogen-bond donors (Lipinski definition) is 0. The number of anilines is 1. The van der Waals surface area contributed by atoms with Gasteiger partial charge in [-0.15, -0.1) is 0 Å². The van der Waals surface area contributed by atoms with Gasteiger partial charge in [-0.25, -0.2) is 4.98 Å². The number of thiocarbonyl (C=S) groups is 1. The molecule has 0 radical (unpaired) electrons. The van der Waals surface area contributed by atoms with Gasteiger partial charge in [-0.2, -0.15) is 0 Å². The minimum absolute atomic E-state index is 0.108. The van der Waals surface area contributed by atoms with Crippen LogP contribution in [-0.2, 0) is 4.79 Å². The summed E-state index contributed by atoms with van der Waals surface area (Å²) in [7, 11) is 0. The van der Waals surface area contributed by atoms with Gasteiger partial charge in [0.2, 0.25) is 0 Å². The Labute approximate surface area is 198 Å². The maximum absolute atomic E-state index is 13.6. The van der Waals surface area contributed by atoms with Gasteiger partial charge in [0.25, 0.3) is 11.5 Å². The summed E-state index contributed by atoms with van der Waals surface area (Å²) in [6, 6.07) is 3.82. The Morgan fingerprint density at radius 2 is 2.00 bits per heavy atom. The fourth-order valence-corrected chi connectivity index (χ4v) is 5.52. The molecular formula is C24H30N4O2S2. The van der Waals surface area contributed by atoms with Crippen molar-refractivity contribution in [2.75, 3.05) is 24.5 Å². The van der Waals surface area contributed by atoms with Crippen LogP contribution in [0, 0.1) is 12.8 Å². The molecule has 2 saturated heterocycles. The number of aromatic nitrogens is 2. The molecule has 0 bridgehead atoms. The molecule has 2 aromatic heterocycles. The monoisotopic (exact) mass is 470 g/mol. The number of piperidine rings is 1. The number of amides is 1. The Bertz CT molecular complexity index is 1130. The van der Waals surface area contributed by atoms with Crippen LogP contribution in [0.4, 0.5) is 5.82 Å². The lowest BCUT2D eigenvalue weighted by Crippen LogP contribution is -2.36. The van der Waals surface area contributed by atoms with Gasteiger partial charge in [0.1, 0.15) is 15.8 Å². The Hall–Kier alpha value is -2.19. The smallest absolute Gasteiger partial charge is 0.267 e. The average Bonchev–Trinajstić information content (AvgIpc) is 3.04. The Morgan fingerprint density at radius 3 is 2.72 bits per heavy atom. The Morgan fingerprint density at radius 1 is 1.25 bits per heavy atom. The number of carbonyl (C=O) groups is 1. The first-order chi connectivity index (χ1) is 15.4. The summed E-state index contributed by atoms with van der Waals surface area (Å²) in [6.07, 6.45) is 8.66. The highest BCUT2D eigenvalue weighted by molar-refractivity contribution is 8.26. The van der Waals surface area contributed by atoms with E-state index in [-0.39, 0.29) is 11.5 Å². The Kier molecular flexibility index (Phi) is 7.00. The maximum atomic E-state index is 13.6. The van der Waals surface area contributed by atoms with E-state index in [9.17, 15) is 9.59 Å². The maximum Gasteiger partial charge on any atom is 0.267 e. The molecule has 0 unspecified atom stereocenters. The molecule has 2 aromatic rings. The lowest BCUT2D eigenvalue weighted by atomic mass is 9.99. The van der Waals surface area contributed by atoms with Gasteiger partial charge in [0.15, 0.2) is 0 Å². The second-order valence-corrected chi connectivity index (χ2v) is 10.4. The number of hydrogen-bond acceptors (Lipinski definition) is 6. The zero-order chi connectivity index (χ0) is 22.8. The van der Waals surface area contributed by atoms with Crippen LogP contribution in [0.15, 0.2) is 28.0 Å². The highest BCUT2D eigenvalue weighted by atomic mass is 32.2. The molecule has 2 aliphatic rings. The molecule has 8 heteroatoms. The van der Waals surface area contributed by atoms with E-state index in [2.05, 4.69) is 18.7 Å². The topological polar surface area (TPSA) is 57.9 Å². The van der Waals surface area contributed by atoms with Gasteiger partial charge in [-0.1, -0.05) is 56.7 Å². The molecule has 4 heterocycles. The second kappa shape index (κ2) is 9.75. The molecule has 0 N–H and O–H groups in total. The molecule has 0 atom stereocenters. The molecule has 170 valence electrons. The predicted molar refractivity (Wildman–Crippen MR) is 136 cm³/mol. The second-order valence-electron chi connectivity index (χ2n) is 8.75. The van der Waals surface area contributed by atoms with E-state index in [1.54, 1.807) is 21.6 Å². The Balaban J connectivity index is 1.78. The van der Waals surface area contributed by atoms with Gasteiger partial charge in [-0.05, 0) is 49.8 Å². The molecule has 4 rings (SSSR count). The van der Waals surface area contributed by atoms with Crippen molar-refractivity contribution in [1.82, 2.24) is 14.3 Å². The number of nitrogens with zero attached hydrogens (tertiary/aromatic N) is 4. The first kappa shape index (κ1) is 23.0. The van der Waals surface area contributed by atoms with E-state index in [0.717, 1.165) is 50.8 Å². The summed E-state index contributed by atoms with van der Waals surface area (Å²) in [5.41, 5.74) is 1.93. The van der Waals surface area contributed by atoms with Crippen LogP contribution in [0.3, 0.4) is 0 Å². The van der Waals surface area contributed by atoms with E-state index in [4.69, 9.17) is 17.2 Å². The highest BCUT2D eigenvalue weighted by Crippen LogP contribution is 2.34. The van der Waals surface area contributed by atoms with Crippen molar-refractivity contribution >= 4 is 51.7 Å². The van der Waals surface area contributed by atoms with Crippen LogP contribution in [0.1, 0.15) is 57.1 Å². The number of thioether (sulfide) groups is 1. The molecule has 0 spiro atoms. The number of carbonyl (C=O) groups excluding carboxylic acids is 1. The molecule has 2 aliphatic heterocycles. The third kappa shape index (κ3) is 4.48. The quantitative estimate of drug-likeness (QED) is 0.349. The van der Waals surface area contributed by atoms with Crippen molar-refractivity contribution in [2.24, 2.45) is 5.92 Å². The van der Waals surface area contributed by atoms with E-state index in [1.165, 1.54) is 11.8 Å². The largest absolute Gasteiger partial charge is 0.356 e. The lowest BCUT2D eigenvalue weighted by molar-refractivity contribution is -0.122. The van der Waals surface area contributed by atoms with Gasteiger partial charge in [-0.3, -0.25) is 18.9 Å². The van der Waals surface area contributed by atoms with Crippen molar-refractivity contribution < 1.29 is 4.79 Å². The summed E-state index contributed by atoms with van der Waals surface area (Å²) in [6.45, 7) is 8.69. The summed E-state index contributed by atoms with van der Waals surface area (Å²) < 4.78 is 2.15. The fourth-order valence-electron chi connectivity index (χ4n) is 4.23. The van der Waals surface area contributed by atoms with Crippen molar-refractivity contribution in [1.29, 1.82) is 0 Å². The van der Waals surface area contributed by atoms with E-state index < -0.39 is 0 Å². The normalized spacial score (nSPS) is 19.0. The summed E-state index contributed by atoms with van der Waals surface area (Å²) in [5, 5.41) is 0. The van der Waals surface area contributed by atoms with Crippen molar-refractivity contribution in [3.63, 3.8) is 0 Å². The molecule has 1 amide bonds. The van der Waals surface area contributed by atoms with E-state index in [0.29, 0.717) is 38.7 Å². The van der Waals surface area contributed by atoms with Crippen molar-refractivity contribution in [3.8, 4) is 0 Å². The molecule has 2 fully saturated rings. The number of pyridine rings is 1. The third-order valence-electron chi connectivity index (χ3n) is 6.28. The predicted octanol–water partition coefficient (Wildman–Crippen LogP) is 4.63. The molecule has 6 nitrogen and oxygen atoms in total. The van der Waals surface area contributed by atoms with Gasteiger partial charge in [0.05, 0.1) is 10.5 Å². The molecular weight excluding hydrogens is 440 g/mol. The third-order valence-corrected chi connectivity index (χ3v) is 7.66. The summed E-state index contributed by atoms with van der Waals surface area (Å²) >= 11 is 6.76. The van der Waals surface area contributed by atoms with Crippen molar-refractivity contribution in [3.05, 3.63) is 44.7 Å². The minimum atomic E-state index is -0.149. The van der Waals surface area contributed by atoms with E-state index >= 15 is 0 Å². The molecule has 0 saturated carbocycles. The van der Waals surface area contributed by atoms with Crippen LogP contribution in [0.25, 0.3) is 11.7 Å². The first-order valence-electron chi connectivity index (χ1n) is 11.4. The number of aryl methyl sites for hydroxylation is 1. The average molecular weight is 471 g/mol. The highest BCUT2D eigenvalue weighted by Gasteiger charge is 2.32. The standard InChI is InChI=1S/C24H30N4O2S2/c1-4-5-6-11-28-23(30)19(32-24(28)31)15-18-21(26-13-9-16(2)10-14-26)25-20-17(3)8-7-12-27(20)22(18)29/h7-8,12,15-16H,4-6,9-11,13-14H2,1-3H3/b19-15+. The zero-order valence-corrected chi connectivity index (χ0v) is 20.6. The first-order valence-corrected chi connectivity index (χ1v) is 12.7. The van der Waals surface area contributed by atoms with Crippen LogP contribution >= 0.6 is 24.0 Å². The molecule has 32 heavy (non-hydrogen) atoms. The lowest BCUT2D eigenvalue weighted by Gasteiger charge is -2.32. The SMILES string of the molecule is CCCCCN1C(=O)/C(=C\c2c(N3CCC(C)CC3)nc3c(C)cccn3c2=O)SC1=S. The fraction of sp³-hybridized carbons (Fsp3) is 0.500. The zero-order valence-electron chi connectivity index (χ0n) is 19.0. The van der Waals surface area contributed by atoms with Crippen LogP contribution in [-0.4, -0.2) is 44.1 Å². The van der Waals surface area contributed by atoms with Gasteiger partial charge < -0.3 is 4.90 Å². The van der Waals surface area contributed by atoms with Crippen LogP contribution in [0.2, 0.25) is 0 Å². The number of rotatable bonds is 6. The summed E-state index contributed by atoms with van der Waals surface area (Å²) in [4.78, 5) is 35.9. The number of fused-ring (bicyclic) bond motifs is 1. The summed E-state index contributed by atoms with van der Waals surface area (Å²) in [5.74, 6) is 1.23. The van der Waals surface area contributed by atoms with Gasteiger partial charge >= 0.3 is 0 Å². The van der Waals surface area contributed by atoms with Crippen LogP contribution < -0.4 is 10.5 Å². The van der Waals surface area contributed by atoms with Crippen LogP contribution in [0.5, 0.6) is 0 Å². The number of unbranched alkanes of at least 4 members (excludes halogenated alkanes) is 2. The van der Waals surface area contributed by atoms with Crippen molar-refractivity contribution in [2.45, 2.75) is 52.9 Å². The molecule has 0 aromatic carbocycles. The van der Waals surface area contributed by atoms with Gasteiger partial charge in [0, 0.05) is 25.8 Å².